The van der Waals surface area contributed by atoms with Gasteiger partial charge in [-0.05, 0) is 55.0 Å². The molecule has 2 saturated heterocycles. The van der Waals surface area contributed by atoms with Crippen LogP contribution in [0.25, 0.3) is 0 Å². The van der Waals surface area contributed by atoms with Crippen LogP contribution in [0.5, 0.6) is 0 Å². The molecular weight excluding hydrogens is 678 g/mol. The van der Waals surface area contributed by atoms with Gasteiger partial charge in [-0.15, -0.1) is 0 Å². The maximum Gasteiger partial charge on any atom is 0.313 e. The number of fused-ring (bicyclic) bond motifs is 2. The van der Waals surface area contributed by atoms with Crippen molar-refractivity contribution in [2.75, 3.05) is 24.6 Å². The SMILES string of the molecule is Cc1ccc(C)c(N2C/C=C\CCC(=O)NC[C@@H](c3ccccc3)OC(=O)[C@@H]3[C@H]4O[C@@]5(C=C4Br)[C@H](C2=O)N([C@@H](CO)C(C)C)C(=O)[C@@H]35)c1. The number of allylic oxidation sites excluding steroid dienone is 1. The molecule has 7 atom stereocenters. The van der Waals surface area contributed by atoms with Crippen LogP contribution in [0.2, 0.25) is 0 Å². The van der Waals surface area contributed by atoms with E-state index in [1.165, 1.54) is 4.90 Å². The summed E-state index contributed by atoms with van der Waals surface area (Å²) in [5, 5.41) is 13.6. The van der Waals surface area contributed by atoms with Gasteiger partial charge >= 0.3 is 5.97 Å². The molecule has 2 aromatic rings. The summed E-state index contributed by atoms with van der Waals surface area (Å²) in [6, 6.07) is 13.1. The summed E-state index contributed by atoms with van der Waals surface area (Å²) < 4.78 is 13.4. The molecule has 10 nitrogen and oxygen atoms in total. The number of ether oxygens (including phenoxy) is 2. The summed E-state index contributed by atoms with van der Waals surface area (Å²) in [5.74, 6) is -4.06. The second kappa shape index (κ2) is 13.6. The van der Waals surface area contributed by atoms with E-state index in [9.17, 15) is 19.5 Å². The number of hydrogen-bond acceptors (Lipinski definition) is 7. The summed E-state index contributed by atoms with van der Waals surface area (Å²) in [6.45, 7) is 7.49. The molecule has 1 spiro atoms. The zero-order valence-electron chi connectivity index (χ0n) is 27.6. The molecule has 254 valence electrons. The standard InChI is InChI=1S/C37H42BrN3O7/c1-21(2)27(20-42)41-33-35(45)40(26-17-22(3)14-15-23(26)4)16-10-6-9-13-29(43)39-19-28(24-11-7-5-8-12-24)47-36(46)30-31(34(41)44)37(33)18-25(38)32(30)48-37/h5-8,10-12,14-15,17-18,21,27-28,30-33,42H,9,13,16,19-20H2,1-4H3,(H,39,43)/b10-6-/t27-,28-,30-,31+,32-,33-,37+/m0/s1. The molecule has 4 aliphatic heterocycles. The third-order valence-electron chi connectivity index (χ3n) is 10.0. The van der Waals surface area contributed by atoms with Gasteiger partial charge in [0.25, 0.3) is 5.91 Å². The molecule has 0 unspecified atom stereocenters. The predicted molar refractivity (Wildman–Crippen MR) is 183 cm³/mol. The Morgan fingerprint density at radius 3 is 2.50 bits per heavy atom. The zero-order valence-corrected chi connectivity index (χ0v) is 29.2. The number of anilines is 1. The fourth-order valence-corrected chi connectivity index (χ4v) is 8.31. The molecule has 2 aromatic carbocycles. The zero-order chi connectivity index (χ0) is 34.3. The fraction of sp³-hybridized carbons (Fsp3) is 0.459. The lowest BCUT2D eigenvalue weighted by molar-refractivity contribution is -0.160. The van der Waals surface area contributed by atoms with Gasteiger partial charge in [0, 0.05) is 23.1 Å². The van der Waals surface area contributed by atoms with Crippen molar-refractivity contribution >= 4 is 45.3 Å². The van der Waals surface area contributed by atoms with Crippen LogP contribution in [0.15, 0.2) is 71.2 Å². The number of carbonyl (C=O) groups is 4. The molecule has 0 aliphatic carbocycles. The van der Waals surface area contributed by atoms with Crippen molar-refractivity contribution in [3.05, 3.63) is 87.9 Å². The Kier molecular flexibility index (Phi) is 9.66. The van der Waals surface area contributed by atoms with Crippen LogP contribution in [-0.4, -0.2) is 77.2 Å². The molecule has 5 bridgehead atoms. The van der Waals surface area contributed by atoms with Crippen molar-refractivity contribution in [2.45, 2.75) is 70.4 Å². The highest BCUT2D eigenvalue weighted by atomic mass is 79.9. The number of likely N-dealkylation sites (tertiary alicyclic amines) is 1. The topological polar surface area (TPSA) is 125 Å². The Balaban J connectivity index is 1.51. The molecule has 4 aliphatic rings. The highest BCUT2D eigenvalue weighted by Gasteiger charge is 2.75. The van der Waals surface area contributed by atoms with Gasteiger partial charge in [0.2, 0.25) is 11.8 Å². The summed E-state index contributed by atoms with van der Waals surface area (Å²) in [7, 11) is 0. The van der Waals surface area contributed by atoms with Gasteiger partial charge in [0.05, 0.1) is 25.1 Å². The van der Waals surface area contributed by atoms with Crippen LogP contribution >= 0.6 is 15.9 Å². The van der Waals surface area contributed by atoms with Crippen LogP contribution in [-0.2, 0) is 28.7 Å². The minimum Gasteiger partial charge on any atom is -0.455 e. The first-order chi connectivity index (χ1) is 23.0. The maximum atomic E-state index is 15.2. The number of benzene rings is 2. The van der Waals surface area contributed by atoms with Crippen LogP contribution in [0.3, 0.4) is 0 Å². The highest BCUT2D eigenvalue weighted by Crippen LogP contribution is 2.59. The summed E-state index contributed by atoms with van der Waals surface area (Å²) >= 11 is 3.61. The highest BCUT2D eigenvalue weighted by molar-refractivity contribution is 9.11. The second-order valence-corrected chi connectivity index (χ2v) is 14.4. The number of nitrogens with one attached hydrogen (secondary N) is 1. The third kappa shape index (κ3) is 5.90. The van der Waals surface area contributed by atoms with E-state index >= 15 is 4.79 Å². The Bertz CT molecular complexity index is 1660. The monoisotopic (exact) mass is 719 g/mol. The summed E-state index contributed by atoms with van der Waals surface area (Å²) in [4.78, 5) is 60.2. The Labute approximate surface area is 289 Å². The van der Waals surface area contributed by atoms with E-state index in [2.05, 4.69) is 21.2 Å². The van der Waals surface area contributed by atoms with Crippen LogP contribution in [0.1, 0.15) is 49.5 Å². The van der Waals surface area contributed by atoms with Gasteiger partial charge in [-0.3, -0.25) is 19.2 Å². The first-order valence-corrected chi connectivity index (χ1v) is 17.3. The minimum absolute atomic E-state index is 0.0465. The smallest absolute Gasteiger partial charge is 0.313 e. The molecule has 11 heteroatoms. The van der Waals surface area contributed by atoms with Gasteiger partial charge < -0.3 is 29.7 Å². The maximum absolute atomic E-state index is 15.2. The first-order valence-electron chi connectivity index (χ1n) is 16.5. The molecule has 2 fully saturated rings. The molecule has 6 rings (SSSR count). The first kappa shape index (κ1) is 34.1. The number of aliphatic hydroxyl groups is 1. The molecule has 0 saturated carbocycles. The predicted octanol–water partition coefficient (Wildman–Crippen LogP) is 4.28. The number of aryl methyl sites for hydroxylation is 2. The van der Waals surface area contributed by atoms with Crippen LogP contribution in [0, 0.1) is 31.6 Å². The molecule has 4 heterocycles. The van der Waals surface area contributed by atoms with E-state index in [1.54, 1.807) is 11.0 Å². The summed E-state index contributed by atoms with van der Waals surface area (Å²) in [6.07, 6.45) is 4.45. The molecule has 2 N–H and O–H groups in total. The van der Waals surface area contributed by atoms with Gasteiger partial charge in [0.1, 0.15) is 29.8 Å². The Morgan fingerprint density at radius 2 is 1.79 bits per heavy atom. The van der Waals surface area contributed by atoms with Crippen molar-refractivity contribution in [2.24, 2.45) is 17.8 Å². The third-order valence-corrected chi connectivity index (χ3v) is 10.7. The van der Waals surface area contributed by atoms with Gasteiger partial charge in [-0.1, -0.05) is 84.4 Å². The number of carbonyl (C=O) groups excluding carboxylic acids is 4. The van der Waals surface area contributed by atoms with Crippen molar-refractivity contribution < 1.29 is 33.8 Å². The lowest BCUT2D eigenvalue weighted by Crippen LogP contribution is -2.59. The largest absolute Gasteiger partial charge is 0.455 e. The van der Waals surface area contributed by atoms with Crippen molar-refractivity contribution in [3.63, 3.8) is 0 Å². The molecular formula is C37H42BrN3O7. The minimum atomic E-state index is -1.49. The number of aliphatic hydroxyl groups excluding tert-OH is 1. The average Bonchev–Trinajstić information content (AvgIpc) is 3.65. The van der Waals surface area contributed by atoms with E-state index in [-0.39, 0.29) is 37.9 Å². The number of nitrogens with zero attached hydrogens (tertiary/aromatic N) is 2. The number of halogens is 1. The van der Waals surface area contributed by atoms with E-state index in [4.69, 9.17) is 9.47 Å². The number of rotatable bonds is 5. The normalized spacial score (nSPS) is 30.6. The lowest BCUT2D eigenvalue weighted by Gasteiger charge is -2.40. The van der Waals surface area contributed by atoms with E-state index in [0.717, 1.165) is 11.1 Å². The van der Waals surface area contributed by atoms with Crippen LogP contribution < -0.4 is 10.2 Å². The van der Waals surface area contributed by atoms with Crippen molar-refractivity contribution in [1.29, 1.82) is 0 Å². The number of hydrogen-bond donors (Lipinski definition) is 2. The van der Waals surface area contributed by atoms with Crippen LogP contribution in [0.4, 0.5) is 5.69 Å². The number of cyclic esters (lactones) is 1. The molecule has 3 amide bonds. The van der Waals surface area contributed by atoms with Gasteiger partial charge in [0.15, 0.2) is 0 Å². The van der Waals surface area contributed by atoms with E-state index < -0.39 is 59.5 Å². The molecule has 0 aromatic heterocycles. The fourth-order valence-electron chi connectivity index (χ4n) is 7.57. The van der Waals surface area contributed by atoms with Gasteiger partial charge in [-0.2, -0.15) is 0 Å². The Hall–Kier alpha value is -3.80. The van der Waals surface area contributed by atoms with E-state index in [0.29, 0.717) is 22.2 Å². The molecule has 48 heavy (non-hydrogen) atoms. The lowest BCUT2D eigenvalue weighted by atomic mass is 9.74. The Morgan fingerprint density at radius 1 is 1.04 bits per heavy atom. The van der Waals surface area contributed by atoms with Crippen molar-refractivity contribution in [1.82, 2.24) is 10.2 Å². The number of amides is 3. The quantitative estimate of drug-likeness (QED) is 0.349. The number of esters is 1. The molecule has 0 radical (unpaired) electrons. The van der Waals surface area contributed by atoms with E-state index in [1.807, 2.05) is 88.4 Å². The van der Waals surface area contributed by atoms with Gasteiger partial charge in [-0.25, -0.2) is 0 Å². The van der Waals surface area contributed by atoms with Crippen molar-refractivity contribution in [3.8, 4) is 0 Å². The summed E-state index contributed by atoms with van der Waals surface area (Å²) in [5.41, 5.74) is 1.69. The average molecular weight is 721 g/mol. The second-order valence-electron chi connectivity index (χ2n) is 13.5.